The lowest BCUT2D eigenvalue weighted by Gasteiger charge is -2.21. The van der Waals surface area contributed by atoms with E-state index < -0.39 is 0 Å². The fourth-order valence-electron chi connectivity index (χ4n) is 1.56. The highest BCUT2D eigenvalue weighted by Crippen LogP contribution is 2.19. The zero-order chi connectivity index (χ0) is 11.3. The summed E-state index contributed by atoms with van der Waals surface area (Å²) in [6.45, 7) is 4.91. The average Bonchev–Trinajstić information content (AvgIpc) is 2.27. The molecule has 0 saturated heterocycles. The smallest absolute Gasteiger partial charge is 0.0406 e. The molecular weight excluding hydrogens is 208 g/mol. The van der Waals surface area contributed by atoms with Gasteiger partial charge in [0.15, 0.2) is 0 Å². The summed E-state index contributed by atoms with van der Waals surface area (Å²) in [5, 5.41) is 4.26. The van der Waals surface area contributed by atoms with E-state index in [1.54, 1.807) is 0 Å². The first-order valence-corrected chi connectivity index (χ1v) is 5.76. The normalized spacial score (nSPS) is 14.9. The van der Waals surface area contributed by atoms with Gasteiger partial charge < -0.3 is 11.1 Å². The molecule has 1 aromatic carbocycles. The second-order valence-electron chi connectivity index (χ2n) is 3.82. The molecule has 0 fully saturated rings. The minimum atomic E-state index is 0.339. The molecule has 0 bridgehead atoms. The Balaban J connectivity index is 2.69. The maximum absolute atomic E-state index is 5.85. The molecule has 2 nitrogen and oxygen atoms in total. The summed E-state index contributed by atoms with van der Waals surface area (Å²) in [5.41, 5.74) is 6.86. The summed E-state index contributed by atoms with van der Waals surface area (Å²) in [6, 6.07) is 8.67. The van der Waals surface area contributed by atoms with Crippen LogP contribution in [0, 0.1) is 0 Å². The van der Waals surface area contributed by atoms with Crippen LogP contribution >= 0.6 is 11.6 Å². The fourth-order valence-corrected chi connectivity index (χ4v) is 1.68. The van der Waals surface area contributed by atoms with Crippen LogP contribution in [0.15, 0.2) is 24.3 Å². The molecule has 1 rings (SSSR count). The molecule has 0 aromatic heterocycles. The van der Waals surface area contributed by atoms with Crippen molar-refractivity contribution in [3.05, 3.63) is 34.9 Å². The Morgan fingerprint density at radius 1 is 1.33 bits per heavy atom. The summed E-state index contributed by atoms with van der Waals surface area (Å²) in [5.74, 6) is 0. The molecule has 0 heterocycles. The van der Waals surface area contributed by atoms with Crippen LogP contribution in [-0.4, -0.2) is 12.6 Å². The lowest BCUT2D eigenvalue weighted by molar-refractivity contribution is 0.450. The zero-order valence-electron chi connectivity index (χ0n) is 9.33. The van der Waals surface area contributed by atoms with Gasteiger partial charge in [0.2, 0.25) is 0 Å². The van der Waals surface area contributed by atoms with Gasteiger partial charge in [-0.05, 0) is 31.0 Å². The lowest BCUT2D eigenvalue weighted by Crippen LogP contribution is -2.35. The van der Waals surface area contributed by atoms with Gasteiger partial charge >= 0.3 is 0 Å². The van der Waals surface area contributed by atoms with E-state index in [1.165, 1.54) is 5.56 Å². The molecule has 0 aliphatic rings. The zero-order valence-corrected chi connectivity index (χ0v) is 10.1. The standard InChI is InChI=1S/C12H19ClN2/c1-3-12(15-9(2)8-14)10-4-6-11(13)7-5-10/h4-7,9,12,15H,3,8,14H2,1-2H3. The van der Waals surface area contributed by atoms with Crippen LogP contribution in [0.4, 0.5) is 0 Å². The van der Waals surface area contributed by atoms with Crippen molar-refractivity contribution in [1.29, 1.82) is 0 Å². The largest absolute Gasteiger partial charge is 0.329 e. The van der Waals surface area contributed by atoms with Gasteiger partial charge in [-0.15, -0.1) is 0 Å². The first-order chi connectivity index (χ1) is 7.17. The molecular formula is C12H19ClN2. The van der Waals surface area contributed by atoms with Gasteiger partial charge in [0.05, 0.1) is 0 Å². The van der Waals surface area contributed by atoms with Crippen LogP contribution in [0.2, 0.25) is 5.02 Å². The maximum atomic E-state index is 5.85. The van der Waals surface area contributed by atoms with E-state index in [-0.39, 0.29) is 0 Å². The van der Waals surface area contributed by atoms with Crippen LogP contribution in [0.3, 0.4) is 0 Å². The van der Waals surface area contributed by atoms with Crippen LogP contribution in [0.5, 0.6) is 0 Å². The number of nitrogens with two attached hydrogens (primary N) is 1. The van der Waals surface area contributed by atoms with Crippen LogP contribution in [0.25, 0.3) is 0 Å². The Labute approximate surface area is 96.8 Å². The van der Waals surface area contributed by atoms with E-state index in [4.69, 9.17) is 17.3 Å². The van der Waals surface area contributed by atoms with Crippen molar-refractivity contribution in [2.45, 2.75) is 32.4 Å². The Morgan fingerprint density at radius 3 is 2.40 bits per heavy atom. The topological polar surface area (TPSA) is 38.0 Å². The van der Waals surface area contributed by atoms with Crippen molar-refractivity contribution in [3.8, 4) is 0 Å². The molecule has 84 valence electrons. The molecule has 15 heavy (non-hydrogen) atoms. The Hall–Kier alpha value is -0.570. The van der Waals surface area contributed by atoms with Crippen LogP contribution in [-0.2, 0) is 0 Å². The van der Waals surface area contributed by atoms with Crippen LogP contribution in [0.1, 0.15) is 31.9 Å². The predicted molar refractivity (Wildman–Crippen MR) is 66.1 cm³/mol. The van der Waals surface area contributed by atoms with Crippen LogP contribution < -0.4 is 11.1 Å². The molecule has 3 heteroatoms. The minimum Gasteiger partial charge on any atom is -0.329 e. The summed E-state index contributed by atoms with van der Waals surface area (Å²) in [4.78, 5) is 0. The van der Waals surface area contributed by atoms with Gasteiger partial charge in [-0.25, -0.2) is 0 Å². The van der Waals surface area contributed by atoms with E-state index in [2.05, 4.69) is 31.3 Å². The van der Waals surface area contributed by atoms with Crippen molar-refractivity contribution in [2.24, 2.45) is 5.73 Å². The van der Waals surface area contributed by atoms with E-state index in [0.29, 0.717) is 18.6 Å². The van der Waals surface area contributed by atoms with Crippen molar-refractivity contribution < 1.29 is 0 Å². The first kappa shape index (κ1) is 12.5. The third-order valence-electron chi connectivity index (χ3n) is 2.52. The second kappa shape index (κ2) is 6.11. The predicted octanol–water partition coefficient (Wildman–Crippen LogP) is 2.73. The number of hydrogen-bond acceptors (Lipinski definition) is 2. The summed E-state index contributed by atoms with van der Waals surface area (Å²) >= 11 is 5.85. The maximum Gasteiger partial charge on any atom is 0.0406 e. The van der Waals surface area contributed by atoms with Gasteiger partial charge in [-0.1, -0.05) is 30.7 Å². The molecule has 3 N–H and O–H groups in total. The summed E-state index contributed by atoms with van der Waals surface area (Å²) < 4.78 is 0. The Kier molecular flexibility index (Phi) is 5.09. The fraction of sp³-hybridized carbons (Fsp3) is 0.500. The molecule has 0 aliphatic heterocycles. The number of halogens is 1. The van der Waals surface area contributed by atoms with Gasteiger partial charge in [0.25, 0.3) is 0 Å². The Morgan fingerprint density at radius 2 is 1.93 bits per heavy atom. The van der Waals surface area contributed by atoms with Gasteiger partial charge in [-0.3, -0.25) is 0 Å². The van der Waals surface area contributed by atoms with Crippen molar-refractivity contribution in [2.75, 3.05) is 6.54 Å². The quantitative estimate of drug-likeness (QED) is 0.810. The molecule has 1 aromatic rings. The summed E-state index contributed by atoms with van der Waals surface area (Å²) in [7, 11) is 0. The second-order valence-corrected chi connectivity index (χ2v) is 4.25. The third-order valence-corrected chi connectivity index (χ3v) is 2.77. The van der Waals surface area contributed by atoms with E-state index in [1.807, 2.05) is 12.1 Å². The van der Waals surface area contributed by atoms with Crippen molar-refractivity contribution in [3.63, 3.8) is 0 Å². The highest BCUT2D eigenvalue weighted by atomic mass is 35.5. The van der Waals surface area contributed by atoms with Crippen molar-refractivity contribution in [1.82, 2.24) is 5.32 Å². The monoisotopic (exact) mass is 226 g/mol. The average molecular weight is 227 g/mol. The molecule has 0 radical (unpaired) electrons. The molecule has 0 amide bonds. The lowest BCUT2D eigenvalue weighted by atomic mass is 10.0. The third kappa shape index (κ3) is 3.82. The van der Waals surface area contributed by atoms with E-state index in [9.17, 15) is 0 Å². The molecule has 0 spiro atoms. The number of benzene rings is 1. The number of hydrogen-bond donors (Lipinski definition) is 2. The van der Waals surface area contributed by atoms with E-state index in [0.717, 1.165) is 11.4 Å². The Bertz CT molecular complexity index is 284. The first-order valence-electron chi connectivity index (χ1n) is 5.39. The van der Waals surface area contributed by atoms with E-state index >= 15 is 0 Å². The molecule has 0 aliphatic carbocycles. The highest BCUT2D eigenvalue weighted by Gasteiger charge is 2.10. The molecule has 2 atom stereocenters. The molecule has 2 unspecified atom stereocenters. The summed E-state index contributed by atoms with van der Waals surface area (Å²) in [6.07, 6.45) is 1.05. The SMILES string of the molecule is CCC(NC(C)CN)c1ccc(Cl)cc1. The van der Waals surface area contributed by atoms with Gasteiger partial charge in [-0.2, -0.15) is 0 Å². The number of nitrogens with one attached hydrogen (secondary N) is 1. The van der Waals surface area contributed by atoms with Crippen molar-refractivity contribution >= 4 is 11.6 Å². The molecule has 0 saturated carbocycles. The van der Waals surface area contributed by atoms with Gasteiger partial charge in [0.1, 0.15) is 0 Å². The van der Waals surface area contributed by atoms with Gasteiger partial charge in [0, 0.05) is 23.7 Å². The highest BCUT2D eigenvalue weighted by molar-refractivity contribution is 6.30. The number of rotatable bonds is 5. The minimum absolute atomic E-state index is 0.339.